The van der Waals surface area contributed by atoms with E-state index in [9.17, 15) is 5.11 Å². The van der Waals surface area contributed by atoms with Crippen LogP contribution in [0.25, 0.3) is 11.3 Å². The molecule has 5 rings (SSSR count). The van der Waals surface area contributed by atoms with E-state index in [0.29, 0.717) is 5.11 Å². The number of phenolic OH excluding ortho intramolecular Hbond substituents is 1. The summed E-state index contributed by atoms with van der Waals surface area (Å²) < 4.78 is 6.31. The number of benzene rings is 2. The molecular weight excluding hydrogens is 394 g/mol. The Hall–Kier alpha value is -3.64. The molecule has 0 saturated carbocycles. The van der Waals surface area contributed by atoms with Crippen molar-refractivity contribution in [3.8, 4) is 17.1 Å². The number of nitrogens with one attached hydrogen (secondary N) is 1. The van der Waals surface area contributed by atoms with E-state index in [1.165, 1.54) is 0 Å². The van der Waals surface area contributed by atoms with Gasteiger partial charge in [0.25, 0.3) is 0 Å². The predicted octanol–water partition coefficient (Wildman–Crippen LogP) is 5.22. The third-order valence-electron chi connectivity index (χ3n) is 5.20. The van der Waals surface area contributed by atoms with Gasteiger partial charge in [0.05, 0.1) is 11.7 Å². The van der Waals surface area contributed by atoms with Crippen molar-refractivity contribution in [1.29, 1.82) is 0 Å². The summed E-state index contributed by atoms with van der Waals surface area (Å²) in [5.74, 6) is 1.79. The SMILES string of the molecule is Oc1ccc(N2C(=S)N[C@@H](c3ccccn3)[C@H]2c2ccc(-c3ccccc3)o2)cc1. The quantitative estimate of drug-likeness (QED) is 0.447. The summed E-state index contributed by atoms with van der Waals surface area (Å²) in [5, 5.41) is 13.7. The van der Waals surface area contributed by atoms with E-state index in [1.54, 1.807) is 18.3 Å². The fourth-order valence-corrected chi connectivity index (χ4v) is 4.15. The van der Waals surface area contributed by atoms with Crippen LogP contribution in [-0.4, -0.2) is 15.2 Å². The highest BCUT2D eigenvalue weighted by molar-refractivity contribution is 7.80. The number of aromatic nitrogens is 1. The first-order chi connectivity index (χ1) is 14.7. The number of hydrogen-bond acceptors (Lipinski definition) is 4. The van der Waals surface area contributed by atoms with Gasteiger partial charge in [-0.2, -0.15) is 0 Å². The topological polar surface area (TPSA) is 61.5 Å². The maximum absolute atomic E-state index is 9.71. The molecule has 30 heavy (non-hydrogen) atoms. The average molecular weight is 414 g/mol. The lowest BCUT2D eigenvalue weighted by Crippen LogP contribution is -2.29. The van der Waals surface area contributed by atoms with Crippen molar-refractivity contribution >= 4 is 23.0 Å². The number of furan rings is 1. The molecule has 2 N–H and O–H groups in total. The Bertz CT molecular complexity index is 1160. The van der Waals surface area contributed by atoms with Crippen LogP contribution in [0.3, 0.4) is 0 Å². The zero-order chi connectivity index (χ0) is 20.5. The van der Waals surface area contributed by atoms with Crippen molar-refractivity contribution in [3.63, 3.8) is 0 Å². The summed E-state index contributed by atoms with van der Waals surface area (Å²) >= 11 is 5.69. The normalized spacial score (nSPS) is 18.4. The molecule has 1 aliphatic rings. The Morgan fingerprint density at radius 1 is 0.900 bits per heavy atom. The van der Waals surface area contributed by atoms with Crippen LogP contribution in [0.1, 0.15) is 23.5 Å². The fourth-order valence-electron chi connectivity index (χ4n) is 3.80. The van der Waals surface area contributed by atoms with Crippen molar-refractivity contribution in [1.82, 2.24) is 10.3 Å². The lowest BCUT2D eigenvalue weighted by atomic mass is 10.0. The van der Waals surface area contributed by atoms with Crippen molar-refractivity contribution in [2.45, 2.75) is 12.1 Å². The monoisotopic (exact) mass is 413 g/mol. The van der Waals surface area contributed by atoms with Crippen LogP contribution < -0.4 is 10.2 Å². The largest absolute Gasteiger partial charge is 0.508 e. The zero-order valence-corrected chi connectivity index (χ0v) is 16.8. The lowest BCUT2D eigenvalue weighted by molar-refractivity contribution is 0.439. The highest BCUT2D eigenvalue weighted by Gasteiger charge is 2.42. The number of anilines is 1. The molecule has 3 heterocycles. The maximum atomic E-state index is 9.71. The first-order valence-corrected chi connectivity index (χ1v) is 10.1. The van der Waals surface area contributed by atoms with Crippen molar-refractivity contribution in [2.24, 2.45) is 0 Å². The minimum absolute atomic E-state index is 0.178. The van der Waals surface area contributed by atoms with E-state index in [2.05, 4.69) is 10.3 Å². The summed E-state index contributed by atoms with van der Waals surface area (Å²) in [5.41, 5.74) is 2.76. The van der Waals surface area contributed by atoms with Gasteiger partial charge in [-0.15, -0.1) is 0 Å². The van der Waals surface area contributed by atoms with Gasteiger partial charge < -0.3 is 19.7 Å². The molecule has 0 amide bonds. The Kier molecular flexibility index (Phi) is 4.69. The molecule has 1 fully saturated rings. The van der Waals surface area contributed by atoms with Crippen LogP contribution in [0.5, 0.6) is 5.75 Å². The van der Waals surface area contributed by atoms with E-state index in [0.717, 1.165) is 28.5 Å². The second-order valence-corrected chi connectivity index (χ2v) is 7.47. The zero-order valence-electron chi connectivity index (χ0n) is 16.0. The van der Waals surface area contributed by atoms with E-state index in [4.69, 9.17) is 16.6 Å². The minimum Gasteiger partial charge on any atom is -0.508 e. The van der Waals surface area contributed by atoms with Gasteiger partial charge in [-0.3, -0.25) is 4.98 Å². The van der Waals surface area contributed by atoms with Gasteiger partial charge in [-0.05, 0) is 60.7 Å². The second kappa shape index (κ2) is 7.65. The van der Waals surface area contributed by atoms with E-state index < -0.39 is 0 Å². The standard InChI is InChI=1S/C24H19N3O2S/c28-18-11-9-17(10-12-18)27-23(22(26-24(27)30)19-8-4-5-15-25-19)21-14-13-20(29-21)16-6-2-1-3-7-16/h1-15,22-23,28H,(H,26,30)/t22-,23+/m0/s1. The van der Waals surface area contributed by atoms with Gasteiger partial charge >= 0.3 is 0 Å². The minimum atomic E-state index is -0.227. The Morgan fingerprint density at radius 3 is 2.40 bits per heavy atom. The van der Waals surface area contributed by atoms with Crippen LogP contribution in [-0.2, 0) is 0 Å². The van der Waals surface area contributed by atoms with Gasteiger partial charge in [-0.1, -0.05) is 36.4 Å². The van der Waals surface area contributed by atoms with Crippen LogP contribution in [0.4, 0.5) is 5.69 Å². The van der Waals surface area contributed by atoms with Gasteiger partial charge in [0.2, 0.25) is 0 Å². The average Bonchev–Trinajstić information content (AvgIpc) is 3.40. The fraction of sp³-hybridized carbons (Fsp3) is 0.0833. The third kappa shape index (κ3) is 3.31. The molecule has 0 spiro atoms. The molecule has 2 atom stereocenters. The van der Waals surface area contributed by atoms with Gasteiger partial charge in [0, 0.05) is 17.4 Å². The first-order valence-electron chi connectivity index (χ1n) is 9.65. The maximum Gasteiger partial charge on any atom is 0.174 e. The van der Waals surface area contributed by atoms with Crippen molar-refractivity contribution in [3.05, 3.63) is 103 Å². The molecule has 4 aromatic rings. The predicted molar refractivity (Wildman–Crippen MR) is 120 cm³/mol. The second-order valence-electron chi connectivity index (χ2n) is 7.08. The van der Waals surface area contributed by atoms with Crippen LogP contribution in [0, 0.1) is 0 Å². The van der Waals surface area contributed by atoms with E-state index in [-0.39, 0.29) is 17.8 Å². The summed E-state index contributed by atoms with van der Waals surface area (Å²) in [7, 11) is 0. The lowest BCUT2D eigenvalue weighted by Gasteiger charge is -2.26. The van der Waals surface area contributed by atoms with Gasteiger partial charge in [0.15, 0.2) is 5.11 Å². The van der Waals surface area contributed by atoms with Gasteiger partial charge in [-0.25, -0.2) is 0 Å². The molecule has 0 aliphatic carbocycles. The molecule has 0 unspecified atom stereocenters. The Balaban J connectivity index is 1.60. The Labute approximate surface area is 179 Å². The van der Waals surface area contributed by atoms with Crippen LogP contribution in [0.2, 0.25) is 0 Å². The summed E-state index contributed by atoms with van der Waals surface area (Å²) in [6.07, 6.45) is 1.78. The van der Waals surface area contributed by atoms with E-state index >= 15 is 0 Å². The number of rotatable bonds is 4. The molecule has 5 nitrogen and oxygen atoms in total. The summed E-state index contributed by atoms with van der Waals surface area (Å²) in [6, 6.07) is 26.4. The highest BCUT2D eigenvalue weighted by Crippen LogP contribution is 2.43. The number of phenols is 1. The number of pyridine rings is 1. The highest BCUT2D eigenvalue weighted by atomic mass is 32.1. The van der Waals surface area contributed by atoms with Crippen LogP contribution in [0.15, 0.2) is 95.5 Å². The molecule has 2 aromatic carbocycles. The molecular formula is C24H19N3O2S. The number of hydrogen-bond donors (Lipinski definition) is 2. The molecule has 1 aliphatic heterocycles. The molecule has 148 valence electrons. The summed E-state index contributed by atoms with van der Waals surface area (Å²) in [6.45, 7) is 0. The number of nitrogens with zero attached hydrogens (tertiary/aromatic N) is 2. The molecule has 6 heteroatoms. The molecule has 0 bridgehead atoms. The van der Waals surface area contributed by atoms with Gasteiger partial charge in [0.1, 0.15) is 23.3 Å². The van der Waals surface area contributed by atoms with Crippen molar-refractivity contribution < 1.29 is 9.52 Å². The summed E-state index contributed by atoms with van der Waals surface area (Å²) in [4.78, 5) is 6.56. The first kappa shape index (κ1) is 18.4. The Morgan fingerprint density at radius 2 is 1.67 bits per heavy atom. The number of aromatic hydroxyl groups is 1. The van der Waals surface area contributed by atoms with Crippen molar-refractivity contribution in [2.75, 3.05) is 4.90 Å². The molecule has 0 radical (unpaired) electrons. The molecule has 2 aromatic heterocycles. The molecule has 1 saturated heterocycles. The number of thiocarbonyl (C=S) groups is 1. The third-order valence-corrected chi connectivity index (χ3v) is 5.52. The smallest absolute Gasteiger partial charge is 0.174 e. The van der Waals surface area contributed by atoms with E-state index in [1.807, 2.05) is 77.7 Å². The van der Waals surface area contributed by atoms with Crippen LogP contribution >= 0.6 is 12.2 Å².